The van der Waals surface area contributed by atoms with Crippen molar-refractivity contribution in [2.75, 3.05) is 17.1 Å². The highest BCUT2D eigenvalue weighted by Crippen LogP contribution is 2.27. The van der Waals surface area contributed by atoms with Crippen LogP contribution in [-0.2, 0) is 16.6 Å². The number of aryl methyl sites for hydroxylation is 2. The van der Waals surface area contributed by atoms with Gasteiger partial charge in [-0.05, 0) is 61.4 Å². The van der Waals surface area contributed by atoms with Gasteiger partial charge in [0.15, 0.2) is 0 Å². The summed E-state index contributed by atoms with van der Waals surface area (Å²) in [5.74, 6) is 2.05. The number of pyridine rings is 1. The zero-order chi connectivity index (χ0) is 19.4. The number of hydrogen-bond donors (Lipinski definition) is 2. The third-order valence-electron chi connectivity index (χ3n) is 4.02. The molecule has 0 aliphatic rings. The molecule has 0 atom stereocenters. The smallest absolute Gasteiger partial charge is 0.262 e. The molecule has 0 amide bonds. The predicted molar refractivity (Wildman–Crippen MR) is 104 cm³/mol. The molecule has 0 radical (unpaired) electrons. The molecule has 0 aliphatic carbocycles. The molecule has 0 bridgehead atoms. The first kappa shape index (κ1) is 18.8. The van der Waals surface area contributed by atoms with E-state index in [0.29, 0.717) is 29.4 Å². The van der Waals surface area contributed by atoms with Gasteiger partial charge in [-0.2, -0.15) is 0 Å². The van der Waals surface area contributed by atoms with Gasteiger partial charge in [0.25, 0.3) is 10.0 Å². The molecule has 0 spiro atoms. The van der Waals surface area contributed by atoms with Gasteiger partial charge in [0.2, 0.25) is 0 Å². The van der Waals surface area contributed by atoms with Crippen LogP contribution in [0.4, 0.5) is 11.5 Å². The summed E-state index contributed by atoms with van der Waals surface area (Å²) in [6, 6.07) is 10.3. The van der Waals surface area contributed by atoms with Crippen LogP contribution in [0.3, 0.4) is 0 Å². The minimum absolute atomic E-state index is 0.209. The molecule has 8 heteroatoms. The van der Waals surface area contributed by atoms with Crippen LogP contribution in [0.1, 0.15) is 16.9 Å². The number of anilines is 2. The third-order valence-corrected chi connectivity index (χ3v) is 5.54. The van der Waals surface area contributed by atoms with Crippen molar-refractivity contribution in [2.24, 2.45) is 0 Å². The molecule has 2 aromatic heterocycles. The first-order valence-corrected chi connectivity index (χ1v) is 9.78. The molecule has 3 rings (SSSR count). The molecule has 142 valence electrons. The highest BCUT2D eigenvalue weighted by atomic mass is 32.2. The van der Waals surface area contributed by atoms with Gasteiger partial charge in [-0.3, -0.25) is 4.72 Å². The van der Waals surface area contributed by atoms with E-state index in [1.54, 1.807) is 51.5 Å². The van der Waals surface area contributed by atoms with E-state index < -0.39 is 10.0 Å². The number of nitrogens with zero attached hydrogens (tertiary/aromatic N) is 1. The summed E-state index contributed by atoms with van der Waals surface area (Å²) < 4.78 is 38.5. The van der Waals surface area contributed by atoms with Crippen molar-refractivity contribution < 1.29 is 17.6 Å². The second-order valence-electron chi connectivity index (χ2n) is 6.06. The molecule has 7 nitrogen and oxygen atoms in total. The molecule has 1 aromatic carbocycles. The highest BCUT2D eigenvalue weighted by molar-refractivity contribution is 7.92. The maximum Gasteiger partial charge on any atom is 0.262 e. The summed E-state index contributed by atoms with van der Waals surface area (Å²) in [6.07, 6.45) is 3.07. The van der Waals surface area contributed by atoms with Gasteiger partial charge in [-0.15, -0.1) is 0 Å². The summed E-state index contributed by atoms with van der Waals surface area (Å²) in [5, 5.41) is 3.10. The lowest BCUT2D eigenvalue weighted by atomic mass is 10.1. The number of furan rings is 1. The Balaban J connectivity index is 1.73. The number of methoxy groups -OCH3 is 1. The first-order chi connectivity index (χ1) is 12.9. The molecule has 3 aromatic rings. The maximum absolute atomic E-state index is 12.7. The lowest BCUT2D eigenvalue weighted by Crippen LogP contribution is -2.15. The normalized spacial score (nSPS) is 11.2. The van der Waals surface area contributed by atoms with Gasteiger partial charge < -0.3 is 14.5 Å². The number of ether oxygens (including phenoxy) is 1. The predicted octanol–water partition coefficient (Wildman–Crippen LogP) is 3.71. The van der Waals surface area contributed by atoms with Crippen LogP contribution in [0.15, 0.2) is 58.2 Å². The number of rotatable bonds is 7. The Kier molecular flexibility index (Phi) is 5.36. The van der Waals surface area contributed by atoms with Gasteiger partial charge in [0, 0.05) is 0 Å². The van der Waals surface area contributed by atoms with E-state index in [4.69, 9.17) is 9.15 Å². The van der Waals surface area contributed by atoms with Crippen LogP contribution in [0.25, 0.3) is 0 Å². The fraction of sp³-hybridized carbons (Fsp3) is 0.211. The molecule has 2 heterocycles. The SMILES string of the molecule is COc1cc(C)c(S(=O)(=O)Nc2ccc(NCc3ccco3)nc2)cc1C. The van der Waals surface area contributed by atoms with Gasteiger partial charge in [0.05, 0.1) is 36.7 Å². The summed E-state index contributed by atoms with van der Waals surface area (Å²) in [7, 11) is -2.18. The molecule has 0 saturated carbocycles. The Morgan fingerprint density at radius 3 is 2.59 bits per heavy atom. The molecule has 0 fully saturated rings. The number of benzene rings is 1. The average Bonchev–Trinajstić information content (AvgIpc) is 3.16. The molecule has 27 heavy (non-hydrogen) atoms. The van der Waals surface area contributed by atoms with Crippen LogP contribution in [0.5, 0.6) is 5.75 Å². The standard InChI is InChI=1S/C19H21N3O4S/c1-13-10-18(14(2)9-17(13)25-3)27(23,24)22-15-6-7-19(20-11-15)21-12-16-5-4-8-26-16/h4-11,22H,12H2,1-3H3,(H,20,21). The van der Waals surface area contributed by atoms with Crippen molar-refractivity contribution in [3.8, 4) is 5.75 Å². The van der Waals surface area contributed by atoms with E-state index >= 15 is 0 Å². The molecule has 0 aliphatic heterocycles. The average molecular weight is 387 g/mol. The molecule has 0 saturated heterocycles. The first-order valence-electron chi connectivity index (χ1n) is 8.29. The van der Waals surface area contributed by atoms with Gasteiger partial charge >= 0.3 is 0 Å². The summed E-state index contributed by atoms with van der Waals surface area (Å²) >= 11 is 0. The van der Waals surface area contributed by atoms with Crippen LogP contribution in [-0.4, -0.2) is 20.5 Å². The number of sulfonamides is 1. The van der Waals surface area contributed by atoms with Crippen molar-refractivity contribution in [3.05, 3.63) is 65.7 Å². The minimum Gasteiger partial charge on any atom is -0.496 e. The van der Waals surface area contributed by atoms with Gasteiger partial charge in [0.1, 0.15) is 17.3 Å². The minimum atomic E-state index is -3.73. The van der Waals surface area contributed by atoms with E-state index in [2.05, 4.69) is 15.0 Å². The van der Waals surface area contributed by atoms with E-state index in [-0.39, 0.29) is 4.90 Å². The van der Waals surface area contributed by atoms with E-state index in [1.807, 2.05) is 12.1 Å². The second kappa shape index (κ2) is 7.71. The van der Waals surface area contributed by atoms with Crippen molar-refractivity contribution in [2.45, 2.75) is 25.3 Å². The van der Waals surface area contributed by atoms with Crippen LogP contribution >= 0.6 is 0 Å². The van der Waals surface area contributed by atoms with Crippen molar-refractivity contribution >= 4 is 21.5 Å². The molecular formula is C19H21N3O4S. The Bertz CT molecular complexity index is 1010. The quantitative estimate of drug-likeness (QED) is 0.642. The third kappa shape index (κ3) is 4.40. The maximum atomic E-state index is 12.7. The van der Waals surface area contributed by atoms with Gasteiger partial charge in [-0.25, -0.2) is 13.4 Å². The number of hydrogen-bond acceptors (Lipinski definition) is 6. The zero-order valence-electron chi connectivity index (χ0n) is 15.3. The van der Waals surface area contributed by atoms with Crippen molar-refractivity contribution in [1.29, 1.82) is 0 Å². The largest absolute Gasteiger partial charge is 0.496 e. The van der Waals surface area contributed by atoms with Crippen molar-refractivity contribution in [1.82, 2.24) is 4.98 Å². The molecular weight excluding hydrogens is 366 g/mol. The lowest BCUT2D eigenvalue weighted by molar-refractivity contribution is 0.411. The topological polar surface area (TPSA) is 93.5 Å². The molecule has 0 unspecified atom stereocenters. The van der Waals surface area contributed by atoms with Crippen LogP contribution in [0, 0.1) is 13.8 Å². The highest BCUT2D eigenvalue weighted by Gasteiger charge is 2.19. The summed E-state index contributed by atoms with van der Waals surface area (Å²) in [5.41, 5.74) is 1.74. The van der Waals surface area contributed by atoms with Gasteiger partial charge in [-0.1, -0.05) is 0 Å². The lowest BCUT2D eigenvalue weighted by Gasteiger charge is -2.13. The Hall–Kier alpha value is -3.00. The fourth-order valence-corrected chi connectivity index (χ4v) is 3.99. The van der Waals surface area contributed by atoms with E-state index in [1.165, 1.54) is 6.20 Å². The van der Waals surface area contributed by atoms with Crippen LogP contribution in [0.2, 0.25) is 0 Å². The number of aromatic nitrogens is 1. The number of nitrogens with one attached hydrogen (secondary N) is 2. The van der Waals surface area contributed by atoms with Crippen LogP contribution < -0.4 is 14.8 Å². The summed E-state index contributed by atoms with van der Waals surface area (Å²) in [4.78, 5) is 4.43. The monoisotopic (exact) mass is 387 g/mol. The molecule has 2 N–H and O–H groups in total. The fourth-order valence-electron chi connectivity index (χ4n) is 2.63. The Morgan fingerprint density at radius 2 is 1.96 bits per heavy atom. The van der Waals surface area contributed by atoms with E-state index in [9.17, 15) is 8.42 Å². The second-order valence-corrected chi connectivity index (χ2v) is 7.71. The van der Waals surface area contributed by atoms with Crippen molar-refractivity contribution in [3.63, 3.8) is 0 Å². The summed E-state index contributed by atoms with van der Waals surface area (Å²) in [6.45, 7) is 4.03. The Morgan fingerprint density at radius 1 is 1.15 bits per heavy atom. The zero-order valence-corrected chi connectivity index (χ0v) is 16.1. The Labute approximate surface area is 158 Å². The van der Waals surface area contributed by atoms with E-state index in [0.717, 1.165) is 11.3 Å².